The van der Waals surface area contributed by atoms with Crippen LogP contribution in [0.3, 0.4) is 0 Å². The number of rotatable bonds is 2. The van der Waals surface area contributed by atoms with Gasteiger partial charge >= 0.3 is 0 Å². The summed E-state index contributed by atoms with van der Waals surface area (Å²) < 4.78 is 26.0. The Morgan fingerprint density at radius 3 is 2.71 bits per heavy atom. The summed E-state index contributed by atoms with van der Waals surface area (Å²) in [6, 6.07) is 4.61. The maximum absolute atomic E-state index is 12.3. The Morgan fingerprint density at radius 1 is 1.41 bits per heavy atom. The lowest BCUT2D eigenvalue weighted by atomic mass is 10.4. The number of aryl methyl sites for hydroxylation is 1. The van der Waals surface area contributed by atoms with E-state index >= 15 is 0 Å². The van der Waals surface area contributed by atoms with Gasteiger partial charge < -0.3 is 0 Å². The van der Waals surface area contributed by atoms with Gasteiger partial charge in [0.05, 0.1) is 5.69 Å². The zero-order valence-electron chi connectivity index (χ0n) is 8.76. The molecule has 0 fully saturated rings. The van der Waals surface area contributed by atoms with Crippen LogP contribution < -0.4 is 0 Å². The number of nitrogens with zero attached hydrogens (tertiary/aromatic N) is 2. The number of hydrogen-bond donors (Lipinski definition) is 0. The van der Waals surface area contributed by atoms with Crippen molar-refractivity contribution in [1.82, 2.24) is 8.96 Å². The van der Waals surface area contributed by atoms with Crippen LogP contribution in [0.2, 0.25) is 5.02 Å². The third-order valence-electron chi connectivity index (χ3n) is 2.14. The van der Waals surface area contributed by atoms with Crippen molar-refractivity contribution in [2.24, 2.45) is 0 Å². The van der Waals surface area contributed by atoms with E-state index in [-0.39, 0.29) is 4.90 Å². The molecular formula is C10H8BrClN2O2S. The molecule has 0 bridgehead atoms. The van der Waals surface area contributed by atoms with Gasteiger partial charge in [0.2, 0.25) is 0 Å². The summed E-state index contributed by atoms with van der Waals surface area (Å²) in [6.07, 6.45) is 2.71. The molecule has 4 nitrogen and oxygen atoms in total. The first kappa shape index (κ1) is 12.6. The molecule has 1 heterocycles. The van der Waals surface area contributed by atoms with Gasteiger partial charge in [0.25, 0.3) is 10.0 Å². The fraction of sp³-hybridized carbons (Fsp3) is 0.100. The molecule has 90 valence electrons. The molecule has 7 heteroatoms. The van der Waals surface area contributed by atoms with Crippen LogP contribution in [0.1, 0.15) is 5.69 Å². The van der Waals surface area contributed by atoms with Crippen molar-refractivity contribution < 1.29 is 8.42 Å². The summed E-state index contributed by atoms with van der Waals surface area (Å²) in [5, 5.41) is 0.364. The van der Waals surface area contributed by atoms with E-state index in [1.165, 1.54) is 18.6 Å². The number of benzene rings is 1. The molecule has 2 rings (SSSR count). The van der Waals surface area contributed by atoms with Crippen LogP contribution in [0.25, 0.3) is 0 Å². The molecule has 0 amide bonds. The van der Waals surface area contributed by atoms with Crippen molar-refractivity contribution >= 4 is 37.6 Å². The maximum Gasteiger partial charge on any atom is 0.270 e. The van der Waals surface area contributed by atoms with Crippen molar-refractivity contribution in [3.63, 3.8) is 0 Å². The first-order valence-corrected chi connectivity index (χ1v) is 7.23. The number of halogens is 2. The second-order valence-electron chi connectivity index (χ2n) is 3.42. The normalized spacial score (nSPS) is 11.7. The van der Waals surface area contributed by atoms with E-state index in [0.717, 1.165) is 3.97 Å². The summed E-state index contributed by atoms with van der Waals surface area (Å²) in [5.41, 5.74) is 0.631. The fourth-order valence-corrected chi connectivity index (χ4v) is 3.70. The molecule has 0 aliphatic carbocycles. The molecule has 2 aromatic rings. The first-order chi connectivity index (χ1) is 7.91. The zero-order valence-corrected chi connectivity index (χ0v) is 11.9. The molecule has 0 N–H and O–H groups in total. The molecule has 0 aliphatic heterocycles. The predicted octanol–water partition coefficient (Wildman–Crippen LogP) is 2.84. The molecule has 0 aliphatic rings. The van der Waals surface area contributed by atoms with Gasteiger partial charge in [-0.05, 0) is 41.1 Å². The Labute approximate surface area is 112 Å². The van der Waals surface area contributed by atoms with E-state index in [9.17, 15) is 8.42 Å². The molecule has 0 atom stereocenters. The van der Waals surface area contributed by atoms with Gasteiger partial charge in [0.1, 0.15) is 11.2 Å². The molecule has 0 saturated heterocycles. The Kier molecular flexibility index (Phi) is 3.29. The van der Waals surface area contributed by atoms with Gasteiger partial charge in [-0.3, -0.25) is 0 Å². The second-order valence-corrected chi connectivity index (χ2v) is 6.53. The highest BCUT2D eigenvalue weighted by Gasteiger charge is 2.20. The van der Waals surface area contributed by atoms with Crippen LogP contribution in [0, 0.1) is 6.92 Å². The van der Waals surface area contributed by atoms with E-state index in [1.54, 1.807) is 19.1 Å². The van der Waals surface area contributed by atoms with Gasteiger partial charge in [-0.2, -0.15) is 0 Å². The average Bonchev–Trinajstić information content (AvgIpc) is 2.69. The molecule has 17 heavy (non-hydrogen) atoms. The Bertz CT molecular complexity index is 667. The molecule has 1 aromatic heterocycles. The maximum atomic E-state index is 12.3. The van der Waals surface area contributed by atoms with E-state index in [1.807, 2.05) is 0 Å². The van der Waals surface area contributed by atoms with Gasteiger partial charge in [-0.1, -0.05) is 11.6 Å². The SMILES string of the molecule is Cc1cn(S(=O)(=O)c2cc(Cl)ccc2Br)cn1. The van der Waals surface area contributed by atoms with Crippen molar-refractivity contribution in [2.45, 2.75) is 11.8 Å². The predicted molar refractivity (Wildman–Crippen MR) is 68.7 cm³/mol. The highest BCUT2D eigenvalue weighted by Crippen LogP contribution is 2.27. The highest BCUT2D eigenvalue weighted by molar-refractivity contribution is 9.10. The monoisotopic (exact) mass is 334 g/mol. The fourth-order valence-electron chi connectivity index (χ4n) is 1.32. The molecule has 0 radical (unpaired) electrons. The lowest BCUT2D eigenvalue weighted by Crippen LogP contribution is -2.11. The quantitative estimate of drug-likeness (QED) is 0.848. The van der Waals surface area contributed by atoms with Gasteiger partial charge in [-0.15, -0.1) is 0 Å². The average molecular weight is 336 g/mol. The summed E-state index contributed by atoms with van der Waals surface area (Å²) in [5.74, 6) is 0. The van der Waals surface area contributed by atoms with Crippen molar-refractivity contribution in [3.8, 4) is 0 Å². The molecule has 0 saturated carbocycles. The van der Waals surface area contributed by atoms with Crippen LogP contribution in [0.4, 0.5) is 0 Å². The minimum atomic E-state index is -3.65. The van der Waals surface area contributed by atoms with Crippen LogP contribution in [-0.2, 0) is 10.0 Å². The minimum absolute atomic E-state index is 0.113. The largest absolute Gasteiger partial charge is 0.270 e. The minimum Gasteiger partial charge on any atom is -0.241 e. The van der Waals surface area contributed by atoms with Crippen LogP contribution >= 0.6 is 27.5 Å². The van der Waals surface area contributed by atoms with Crippen LogP contribution in [-0.4, -0.2) is 17.4 Å². The smallest absolute Gasteiger partial charge is 0.241 e. The third kappa shape index (κ3) is 2.38. The molecule has 0 unspecified atom stereocenters. The second kappa shape index (κ2) is 4.44. The summed E-state index contributed by atoms with van der Waals surface area (Å²) in [4.78, 5) is 4.01. The number of aromatic nitrogens is 2. The first-order valence-electron chi connectivity index (χ1n) is 4.62. The van der Waals surface area contributed by atoms with Crippen LogP contribution in [0.5, 0.6) is 0 Å². The van der Waals surface area contributed by atoms with E-state index in [4.69, 9.17) is 11.6 Å². The Hall–Kier alpha value is -0.850. The van der Waals surface area contributed by atoms with Crippen molar-refractivity contribution in [3.05, 3.63) is 45.9 Å². The number of hydrogen-bond acceptors (Lipinski definition) is 3. The summed E-state index contributed by atoms with van der Waals surface area (Å²) in [7, 11) is -3.65. The van der Waals surface area contributed by atoms with Gasteiger partial charge in [0, 0.05) is 15.7 Å². The van der Waals surface area contributed by atoms with Gasteiger partial charge in [-0.25, -0.2) is 17.4 Å². The van der Waals surface area contributed by atoms with Crippen molar-refractivity contribution in [2.75, 3.05) is 0 Å². The molecule has 1 aromatic carbocycles. The third-order valence-corrected chi connectivity index (χ3v) is 4.98. The Morgan fingerprint density at radius 2 is 2.12 bits per heavy atom. The van der Waals surface area contributed by atoms with Crippen molar-refractivity contribution in [1.29, 1.82) is 0 Å². The summed E-state index contributed by atoms with van der Waals surface area (Å²) >= 11 is 9.00. The highest BCUT2D eigenvalue weighted by atomic mass is 79.9. The van der Waals surface area contributed by atoms with E-state index in [2.05, 4.69) is 20.9 Å². The van der Waals surface area contributed by atoms with E-state index in [0.29, 0.717) is 15.2 Å². The lowest BCUT2D eigenvalue weighted by Gasteiger charge is -2.07. The zero-order chi connectivity index (χ0) is 12.6. The molecular weight excluding hydrogens is 328 g/mol. The summed E-state index contributed by atoms with van der Waals surface area (Å²) in [6.45, 7) is 1.72. The number of imidazole rings is 1. The standard InChI is InChI=1S/C10H8BrClN2O2S/c1-7-5-14(6-13-7)17(15,16)10-4-8(12)2-3-9(10)11/h2-6H,1H3. The topological polar surface area (TPSA) is 52.0 Å². The Balaban J connectivity index is 2.63. The lowest BCUT2D eigenvalue weighted by molar-refractivity contribution is 0.586. The molecule has 0 spiro atoms. The van der Waals surface area contributed by atoms with Crippen LogP contribution in [0.15, 0.2) is 40.1 Å². The van der Waals surface area contributed by atoms with Gasteiger partial charge in [0.15, 0.2) is 0 Å². The van der Waals surface area contributed by atoms with E-state index < -0.39 is 10.0 Å².